The molecule has 1 aromatic carbocycles. The molecule has 3 aromatic heterocycles. The van der Waals surface area contributed by atoms with E-state index in [4.69, 9.17) is 27.9 Å². The van der Waals surface area contributed by atoms with Gasteiger partial charge in [0.2, 0.25) is 0 Å². The van der Waals surface area contributed by atoms with Gasteiger partial charge < -0.3 is 15.0 Å². The second kappa shape index (κ2) is 9.80. The second-order valence-corrected chi connectivity index (χ2v) is 9.96. The Morgan fingerprint density at radius 1 is 1.14 bits per heavy atom. The summed E-state index contributed by atoms with van der Waals surface area (Å²) < 4.78 is 31.2. The molecular formula is C25H24Cl2F2N6O. The van der Waals surface area contributed by atoms with E-state index in [-0.39, 0.29) is 18.2 Å². The van der Waals surface area contributed by atoms with Gasteiger partial charge in [0.05, 0.1) is 27.6 Å². The molecule has 0 amide bonds. The SMILES string of the molecule is C[C@@H](Oc1ccc2[nH]nc(-c3ccc(N4CC(C)(NCC(F)F)C4)nc3)c2c1)c1c(Cl)cncc1Cl. The largest absolute Gasteiger partial charge is 0.486 e. The Labute approximate surface area is 216 Å². The Bertz CT molecular complexity index is 1350. The van der Waals surface area contributed by atoms with Crippen LogP contribution in [0.4, 0.5) is 14.6 Å². The van der Waals surface area contributed by atoms with E-state index in [9.17, 15) is 8.78 Å². The summed E-state index contributed by atoms with van der Waals surface area (Å²) in [5.74, 6) is 1.43. The van der Waals surface area contributed by atoms with Gasteiger partial charge in [0.25, 0.3) is 6.43 Å². The number of hydrogen-bond acceptors (Lipinski definition) is 6. The maximum Gasteiger partial charge on any atom is 0.250 e. The number of anilines is 1. The number of alkyl halides is 2. The summed E-state index contributed by atoms with van der Waals surface area (Å²) in [5, 5.41) is 12.2. The highest BCUT2D eigenvalue weighted by Crippen LogP contribution is 2.35. The fourth-order valence-electron chi connectivity index (χ4n) is 4.47. The number of ether oxygens (including phenoxy) is 1. The Kier molecular flexibility index (Phi) is 6.72. The van der Waals surface area contributed by atoms with Gasteiger partial charge in [0.1, 0.15) is 23.4 Å². The van der Waals surface area contributed by atoms with E-state index in [1.165, 1.54) is 12.4 Å². The molecule has 1 aliphatic heterocycles. The van der Waals surface area contributed by atoms with E-state index >= 15 is 0 Å². The van der Waals surface area contributed by atoms with Crippen LogP contribution in [0.25, 0.3) is 22.2 Å². The lowest BCUT2D eigenvalue weighted by atomic mass is 9.92. The molecule has 0 saturated carbocycles. The first-order valence-electron chi connectivity index (χ1n) is 11.4. The average molecular weight is 533 g/mol. The molecule has 1 aliphatic rings. The van der Waals surface area contributed by atoms with Gasteiger partial charge in [-0.2, -0.15) is 5.10 Å². The van der Waals surface area contributed by atoms with Crippen molar-refractivity contribution in [1.82, 2.24) is 25.5 Å². The molecule has 5 rings (SSSR count). The van der Waals surface area contributed by atoms with Gasteiger partial charge >= 0.3 is 0 Å². The first kappa shape index (κ1) is 24.7. The number of halogens is 4. The van der Waals surface area contributed by atoms with Crippen molar-refractivity contribution in [3.8, 4) is 17.0 Å². The molecule has 188 valence electrons. The molecule has 0 bridgehead atoms. The van der Waals surface area contributed by atoms with Gasteiger partial charge in [0.15, 0.2) is 0 Å². The smallest absolute Gasteiger partial charge is 0.250 e. The molecule has 4 aromatic rings. The van der Waals surface area contributed by atoms with Gasteiger partial charge in [-0.15, -0.1) is 0 Å². The number of hydrogen-bond donors (Lipinski definition) is 2. The first-order chi connectivity index (χ1) is 17.2. The zero-order valence-electron chi connectivity index (χ0n) is 19.6. The minimum Gasteiger partial charge on any atom is -0.486 e. The number of fused-ring (bicyclic) bond motifs is 1. The maximum atomic E-state index is 12.5. The number of rotatable bonds is 8. The van der Waals surface area contributed by atoms with Crippen LogP contribution in [0.3, 0.4) is 0 Å². The van der Waals surface area contributed by atoms with Crippen molar-refractivity contribution >= 4 is 39.9 Å². The van der Waals surface area contributed by atoms with Crippen LogP contribution in [0.1, 0.15) is 25.5 Å². The lowest BCUT2D eigenvalue weighted by Gasteiger charge is -2.49. The third-order valence-corrected chi connectivity index (χ3v) is 6.85. The van der Waals surface area contributed by atoms with Crippen LogP contribution in [-0.2, 0) is 0 Å². The lowest BCUT2D eigenvalue weighted by Crippen LogP contribution is -2.68. The van der Waals surface area contributed by atoms with E-state index in [0.717, 1.165) is 28.0 Å². The summed E-state index contributed by atoms with van der Waals surface area (Å²) in [5.41, 5.74) is 2.78. The van der Waals surface area contributed by atoms with E-state index in [2.05, 4.69) is 25.5 Å². The highest BCUT2D eigenvalue weighted by Gasteiger charge is 2.39. The Balaban J connectivity index is 1.32. The lowest BCUT2D eigenvalue weighted by molar-refractivity contribution is 0.124. The highest BCUT2D eigenvalue weighted by atomic mass is 35.5. The number of nitrogens with zero attached hydrogens (tertiary/aromatic N) is 4. The zero-order chi connectivity index (χ0) is 25.4. The van der Waals surface area contributed by atoms with Crippen molar-refractivity contribution in [3.05, 3.63) is 64.5 Å². The van der Waals surface area contributed by atoms with E-state index in [1.807, 2.05) is 49.1 Å². The number of aromatic nitrogens is 4. The Morgan fingerprint density at radius 2 is 1.89 bits per heavy atom. The van der Waals surface area contributed by atoms with Crippen molar-refractivity contribution in [3.63, 3.8) is 0 Å². The summed E-state index contributed by atoms with van der Waals surface area (Å²) >= 11 is 12.6. The molecule has 0 aliphatic carbocycles. The van der Waals surface area contributed by atoms with Crippen LogP contribution in [0.15, 0.2) is 48.9 Å². The maximum absolute atomic E-state index is 12.5. The van der Waals surface area contributed by atoms with Gasteiger partial charge in [-0.25, -0.2) is 13.8 Å². The molecule has 0 radical (unpaired) electrons. The van der Waals surface area contributed by atoms with Gasteiger partial charge in [-0.05, 0) is 44.2 Å². The van der Waals surface area contributed by atoms with E-state index in [0.29, 0.717) is 34.4 Å². The second-order valence-electron chi connectivity index (χ2n) is 9.15. The topological polar surface area (TPSA) is 79.0 Å². The quantitative estimate of drug-likeness (QED) is 0.294. The van der Waals surface area contributed by atoms with E-state index in [1.54, 1.807) is 6.20 Å². The van der Waals surface area contributed by atoms with Crippen molar-refractivity contribution in [2.75, 3.05) is 24.5 Å². The predicted octanol–water partition coefficient (Wildman–Crippen LogP) is 5.90. The van der Waals surface area contributed by atoms with Crippen molar-refractivity contribution in [1.29, 1.82) is 0 Å². The molecule has 7 nitrogen and oxygen atoms in total. The van der Waals surface area contributed by atoms with Crippen molar-refractivity contribution in [2.24, 2.45) is 0 Å². The Hall–Kier alpha value is -3.01. The van der Waals surface area contributed by atoms with Crippen molar-refractivity contribution < 1.29 is 13.5 Å². The summed E-state index contributed by atoms with van der Waals surface area (Å²) in [4.78, 5) is 10.6. The molecule has 0 spiro atoms. The van der Waals surface area contributed by atoms with Crippen molar-refractivity contribution in [2.45, 2.75) is 31.9 Å². The predicted molar refractivity (Wildman–Crippen MR) is 137 cm³/mol. The van der Waals surface area contributed by atoms with Crippen LogP contribution >= 0.6 is 23.2 Å². The molecule has 36 heavy (non-hydrogen) atoms. The summed E-state index contributed by atoms with van der Waals surface area (Å²) in [6.07, 6.45) is 2.09. The molecule has 4 heterocycles. The molecule has 1 atom stereocenters. The molecule has 1 fully saturated rings. The van der Waals surface area contributed by atoms with Crippen LogP contribution in [0, 0.1) is 0 Å². The minimum atomic E-state index is -2.36. The fraction of sp³-hybridized carbons (Fsp3) is 0.320. The summed E-state index contributed by atoms with van der Waals surface area (Å²) in [6.45, 7) is 4.73. The highest BCUT2D eigenvalue weighted by molar-refractivity contribution is 6.35. The van der Waals surface area contributed by atoms with Crippen LogP contribution < -0.4 is 15.0 Å². The number of H-pyrrole nitrogens is 1. The third-order valence-electron chi connectivity index (χ3n) is 6.25. The van der Waals surface area contributed by atoms with Gasteiger partial charge in [-0.1, -0.05) is 23.2 Å². The first-order valence-corrected chi connectivity index (χ1v) is 12.2. The normalized spacial score (nSPS) is 15.8. The summed E-state index contributed by atoms with van der Waals surface area (Å²) in [7, 11) is 0. The fourth-order valence-corrected chi connectivity index (χ4v) is 5.14. The molecule has 11 heteroatoms. The molecule has 2 N–H and O–H groups in total. The number of benzene rings is 1. The zero-order valence-corrected chi connectivity index (χ0v) is 21.1. The van der Waals surface area contributed by atoms with Gasteiger partial charge in [0, 0.05) is 48.2 Å². The number of aromatic amines is 1. The molecular weight excluding hydrogens is 509 g/mol. The minimum absolute atomic E-state index is 0.309. The molecule has 0 unspecified atom stereocenters. The standard InChI is InChI=1S/C25H24Cl2F2N6O/c1-14(23-18(26)9-30-10-19(23)27)36-16-4-5-20-17(7-16)24(34-33-20)15-3-6-22(31-8-15)35-12-25(2,13-35)32-11-21(28)29/h3-10,14,21,32H,11-13H2,1-2H3,(H,33,34)/t14-/m1/s1. The van der Waals surface area contributed by atoms with Crippen LogP contribution in [0.2, 0.25) is 10.0 Å². The molecule has 1 saturated heterocycles. The van der Waals surface area contributed by atoms with E-state index < -0.39 is 6.43 Å². The Morgan fingerprint density at radius 3 is 2.56 bits per heavy atom. The summed E-state index contributed by atoms with van der Waals surface area (Å²) in [6, 6.07) is 9.54. The number of nitrogens with one attached hydrogen (secondary N) is 2. The number of pyridine rings is 2. The van der Waals surface area contributed by atoms with Crippen LogP contribution in [0.5, 0.6) is 5.75 Å². The monoisotopic (exact) mass is 532 g/mol. The van der Waals surface area contributed by atoms with Crippen LogP contribution in [-0.4, -0.2) is 51.8 Å². The van der Waals surface area contributed by atoms with Gasteiger partial charge in [-0.3, -0.25) is 10.1 Å². The average Bonchev–Trinajstić information content (AvgIpc) is 3.24. The third kappa shape index (κ3) is 4.96.